The number of carbonyl (C=O) groups is 1. The van der Waals surface area contributed by atoms with Crippen LogP contribution in [0.1, 0.15) is 27.7 Å². The SMILES string of the molecule is COc1ccc(N2C(=O)c3oc4ccc(Cl)cc4c(=O)c3C2c2cccc(Cl)c2)cc1. The molecule has 31 heavy (non-hydrogen) atoms. The second-order valence-electron chi connectivity index (χ2n) is 7.15. The standard InChI is InChI=1S/C24H15Cl2NO4/c1-30-17-8-6-16(7-9-17)27-21(13-3-2-4-14(25)11-13)20-22(28)18-12-15(26)5-10-19(18)31-23(20)24(27)29/h2-12,21H,1H3. The van der Waals surface area contributed by atoms with Crippen LogP contribution in [0.4, 0.5) is 5.69 Å². The van der Waals surface area contributed by atoms with Gasteiger partial charge in [0.05, 0.1) is 24.1 Å². The topological polar surface area (TPSA) is 59.8 Å². The van der Waals surface area contributed by atoms with Crippen molar-refractivity contribution in [1.29, 1.82) is 0 Å². The van der Waals surface area contributed by atoms with E-state index in [-0.39, 0.29) is 16.8 Å². The fourth-order valence-corrected chi connectivity index (χ4v) is 4.32. The number of nitrogens with zero attached hydrogens (tertiary/aromatic N) is 1. The van der Waals surface area contributed by atoms with E-state index >= 15 is 0 Å². The number of amides is 1. The molecule has 1 amide bonds. The summed E-state index contributed by atoms with van der Waals surface area (Å²) < 4.78 is 11.2. The number of fused-ring (bicyclic) bond motifs is 2. The summed E-state index contributed by atoms with van der Waals surface area (Å²) >= 11 is 12.3. The average molecular weight is 452 g/mol. The minimum absolute atomic E-state index is 0.0145. The van der Waals surface area contributed by atoms with E-state index < -0.39 is 11.9 Å². The van der Waals surface area contributed by atoms with Gasteiger partial charge in [0.2, 0.25) is 5.76 Å². The zero-order valence-electron chi connectivity index (χ0n) is 16.3. The van der Waals surface area contributed by atoms with Gasteiger partial charge in [0.1, 0.15) is 11.3 Å². The summed E-state index contributed by atoms with van der Waals surface area (Å²) in [6.07, 6.45) is 0. The molecule has 0 saturated heterocycles. The highest BCUT2D eigenvalue weighted by atomic mass is 35.5. The highest BCUT2D eigenvalue weighted by Gasteiger charge is 2.43. The number of carbonyl (C=O) groups excluding carboxylic acids is 1. The third-order valence-corrected chi connectivity index (χ3v) is 5.82. The van der Waals surface area contributed by atoms with Crippen LogP contribution in [0.2, 0.25) is 10.0 Å². The van der Waals surface area contributed by atoms with Crippen LogP contribution in [-0.4, -0.2) is 13.0 Å². The Bertz CT molecular complexity index is 1400. The molecule has 1 aromatic heterocycles. The van der Waals surface area contributed by atoms with E-state index in [0.29, 0.717) is 38.0 Å². The molecule has 4 aromatic rings. The van der Waals surface area contributed by atoms with Crippen LogP contribution in [-0.2, 0) is 0 Å². The van der Waals surface area contributed by atoms with Crippen LogP contribution in [0.25, 0.3) is 11.0 Å². The molecule has 1 unspecified atom stereocenters. The van der Waals surface area contributed by atoms with Gasteiger partial charge >= 0.3 is 0 Å². The van der Waals surface area contributed by atoms with Crippen LogP contribution in [0.15, 0.2) is 75.9 Å². The van der Waals surface area contributed by atoms with Crippen molar-refractivity contribution in [2.24, 2.45) is 0 Å². The summed E-state index contributed by atoms with van der Waals surface area (Å²) in [6.45, 7) is 0. The van der Waals surface area contributed by atoms with Crippen LogP contribution in [0.3, 0.4) is 0 Å². The predicted molar refractivity (Wildman–Crippen MR) is 121 cm³/mol. The van der Waals surface area contributed by atoms with Gasteiger partial charge < -0.3 is 9.15 Å². The quantitative estimate of drug-likeness (QED) is 0.391. The van der Waals surface area contributed by atoms with E-state index in [1.807, 2.05) is 6.07 Å². The fourth-order valence-electron chi connectivity index (χ4n) is 3.95. The maximum atomic E-state index is 13.5. The van der Waals surface area contributed by atoms with E-state index in [4.69, 9.17) is 32.4 Å². The normalized spacial score (nSPS) is 15.4. The fraction of sp³-hybridized carbons (Fsp3) is 0.0833. The highest BCUT2D eigenvalue weighted by molar-refractivity contribution is 6.31. The first-order chi connectivity index (χ1) is 15.0. The number of hydrogen-bond acceptors (Lipinski definition) is 4. The lowest BCUT2D eigenvalue weighted by Crippen LogP contribution is -2.29. The third kappa shape index (κ3) is 3.17. The van der Waals surface area contributed by atoms with Gasteiger partial charge in [0.25, 0.3) is 5.91 Å². The average Bonchev–Trinajstić information content (AvgIpc) is 3.07. The number of halogens is 2. The summed E-state index contributed by atoms with van der Waals surface area (Å²) in [5.41, 5.74) is 1.57. The van der Waals surface area contributed by atoms with Gasteiger partial charge in [-0.25, -0.2) is 0 Å². The first-order valence-corrected chi connectivity index (χ1v) is 10.2. The minimum atomic E-state index is -0.700. The van der Waals surface area contributed by atoms with Gasteiger partial charge in [0, 0.05) is 15.7 Å². The second-order valence-corrected chi connectivity index (χ2v) is 8.02. The summed E-state index contributed by atoms with van der Waals surface area (Å²) in [7, 11) is 1.57. The van der Waals surface area contributed by atoms with Crippen molar-refractivity contribution in [2.45, 2.75) is 6.04 Å². The first-order valence-electron chi connectivity index (χ1n) is 9.47. The molecule has 0 spiro atoms. The first kappa shape index (κ1) is 19.7. The van der Waals surface area contributed by atoms with Crippen molar-refractivity contribution >= 4 is 45.8 Å². The molecule has 0 saturated carbocycles. The summed E-state index contributed by atoms with van der Waals surface area (Å²) in [6, 6.07) is 18.2. The predicted octanol–water partition coefficient (Wildman–Crippen LogP) is 5.86. The molecule has 1 atom stereocenters. The van der Waals surface area contributed by atoms with Gasteiger partial charge in [-0.2, -0.15) is 0 Å². The Labute approximate surface area is 187 Å². The molecule has 2 heterocycles. The Morgan fingerprint density at radius 2 is 1.68 bits per heavy atom. The Morgan fingerprint density at radius 1 is 0.935 bits per heavy atom. The van der Waals surface area contributed by atoms with Crippen LogP contribution < -0.4 is 15.1 Å². The molecule has 1 aliphatic rings. The Balaban J connectivity index is 1.80. The zero-order valence-corrected chi connectivity index (χ0v) is 17.8. The van der Waals surface area contributed by atoms with Crippen molar-refractivity contribution in [2.75, 3.05) is 12.0 Å². The Hall–Kier alpha value is -3.28. The van der Waals surface area contributed by atoms with Gasteiger partial charge in [-0.3, -0.25) is 14.5 Å². The van der Waals surface area contributed by atoms with E-state index in [1.54, 1.807) is 72.7 Å². The molecule has 5 nitrogen and oxygen atoms in total. The molecular weight excluding hydrogens is 437 g/mol. The highest BCUT2D eigenvalue weighted by Crippen LogP contribution is 2.42. The van der Waals surface area contributed by atoms with Gasteiger partial charge in [-0.15, -0.1) is 0 Å². The van der Waals surface area contributed by atoms with Crippen LogP contribution in [0, 0.1) is 0 Å². The number of methoxy groups -OCH3 is 1. The third-order valence-electron chi connectivity index (χ3n) is 5.35. The molecule has 0 radical (unpaired) electrons. The maximum absolute atomic E-state index is 13.5. The Kier molecular flexibility index (Phi) is 4.73. The number of ether oxygens (including phenoxy) is 1. The number of anilines is 1. The molecule has 0 bridgehead atoms. The smallest absolute Gasteiger partial charge is 0.295 e. The van der Waals surface area contributed by atoms with Crippen LogP contribution in [0.5, 0.6) is 5.75 Å². The number of hydrogen-bond donors (Lipinski definition) is 0. The molecule has 1 aliphatic heterocycles. The monoisotopic (exact) mass is 451 g/mol. The lowest BCUT2D eigenvalue weighted by Gasteiger charge is -2.25. The maximum Gasteiger partial charge on any atom is 0.295 e. The van der Waals surface area contributed by atoms with E-state index in [0.717, 1.165) is 0 Å². The van der Waals surface area contributed by atoms with Crippen molar-refractivity contribution in [3.63, 3.8) is 0 Å². The van der Waals surface area contributed by atoms with Gasteiger partial charge in [0.15, 0.2) is 5.43 Å². The van der Waals surface area contributed by atoms with Crippen molar-refractivity contribution in [3.8, 4) is 5.75 Å². The minimum Gasteiger partial charge on any atom is -0.497 e. The molecule has 0 aliphatic carbocycles. The van der Waals surface area contributed by atoms with Crippen molar-refractivity contribution in [3.05, 3.63) is 104 Å². The zero-order chi connectivity index (χ0) is 21.7. The van der Waals surface area contributed by atoms with E-state index in [2.05, 4.69) is 0 Å². The molecule has 3 aromatic carbocycles. The molecule has 154 valence electrons. The summed E-state index contributed by atoms with van der Waals surface area (Å²) in [4.78, 5) is 28.5. The van der Waals surface area contributed by atoms with Crippen LogP contribution >= 0.6 is 23.2 Å². The molecular formula is C24H15Cl2NO4. The lowest BCUT2D eigenvalue weighted by atomic mass is 9.98. The molecule has 5 rings (SSSR count). The van der Waals surface area contributed by atoms with Gasteiger partial charge in [-0.05, 0) is 60.2 Å². The summed E-state index contributed by atoms with van der Waals surface area (Å²) in [5, 5.41) is 1.24. The van der Waals surface area contributed by atoms with Crippen molar-refractivity contribution in [1.82, 2.24) is 0 Å². The second kappa shape index (κ2) is 7.45. The summed E-state index contributed by atoms with van der Waals surface area (Å²) in [5.74, 6) is 0.265. The lowest BCUT2D eigenvalue weighted by molar-refractivity contribution is 0.0971. The van der Waals surface area contributed by atoms with Gasteiger partial charge in [-0.1, -0.05) is 35.3 Å². The molecule has 0 N–H and O–H groups in total. The number of rotatable bonds is 3. The van der Waals surface area contributed by atoms with E-state index in [1.165, 1.54) is 0 Å². The molecule has 0 fully saturated rings. The van der Waals surface area contributed by atoms with E-state index in [9.17, 15) is 9.59 Å². The van der Waals surface area contributed by atoms with Crippen molar-refractivity contribution < 1.29 is 13.9 Å². The largest absolute Gasteiger partial charge is 0.497 e. The Morgan fingerprint density at radius 3 is 2.39 bits per heavy atom. The number of benzene rings is 3. The molecule has 7 heteroatoms.